The highest BCUT2D eigenvalue weighted by molar-refractivity contribution is 7.89. The number of aliphatic hydroxyl groups is 1. The summed E-state index contributed by atoms with van der Waals surface area (Å²) in [4.78, 5) is 0.163. The van der Waals surface area contributed by atoms with Gasteiger partial charge in [-0.3, -0.25) is 0 Å². The number of anilines is 1. The van der Waals surface area contributed by atoms with E-state index in [1.165, 1.54) is 6.92 Å². The number of nitrogens with one attached hydrogen (secondary N) is 1. The van der Waals surface area contributed by atoms with Gasteiger partial charge in [-0.25, -0.2) is 13.1 Å². The van der Waals surface area contributed by atoms with Gasteiger partial charge < -0.3 is 10.8 Å². The van der Waals surface area contributed by atoms with E-state index in [2.05, 4.69) is 4.72 Å². The second-order valence-corrected chi connectivity index (χ2v) is 5.91. The van der Waals surface area contributed by atoms with Gasteiger partial charge in [0.25, 0.3) is 0 Å². The molecule has 0 amide bonds. The highest BCUT2D eigenvalue weighted by atomic mass is 32.2. The minimum absolute atomic E-state index is 0.0182. The third-order valence-corrected chi connectivity index (χ3v) is 3.95. The maximum atomic E-state index is 12.0. The zero-order valence-electron chi connectivity index (χ0n) is 10.2. The van der Waals surface area contributed by atoms with Gasteiger partial charge in [0, 0.05) is 12.2 Å². The molecular formula is C11H18N2O3S. The Labute approximate surface area is 102 Å². The average molecular weight is 258 g/mol. The first-order chi connectivity index (χ1) is 7.74. The van der Waals surface area contributed by atoms with E-state index in [9.17, 15) is 8.42 Å². The molecule has 0 saturated carbocycles. The van der Waals surface area contributed by atoms with Crippen molar-refractivity contribution in [2.45, 2.75) is 31.8 Å². The van der Waals surface area contributed by atoms with Gasteiger partial charge in [-0.05, 0) is 44.0 Å². The zero-order chi connectivity index (χ0) is 13.2. The summed E-state index contributed by atoms with van der Waals surface area (Å²) < 4.78 is 26.3. The van der Waals surface area contributed by atoms with Gasteiger partial charge in [0.2, 0.25) is 10.0 Å². The molecule has 6 heteroatoms. The molecular weight excluding hydrogens is 240 g/mol. The van der Waals surface area contributed by atoms with E-state index in [-0.39, 0.29) is 11.4 Å². The first-order valence-electron chi connectivity index (χ1n) is 5.28. The molecule has 0 unspecified atom stereocenters. The lowest BCUT2D eigenvalue weighted by molar-refractivity contribution is 0.198. The molecule has 5 nitrogen and oxygen atoms in total. The third kappa shape index (κ3) is 3.42. The van der Waals surface area contributed by atoms with Crippen LogP contribution >= 0.6 is 0 Å². The number of aliphatic hydroxyl groups excluding tert-OH is 1. The summed E-state index contributed by atoms with van der Waals surface area (Å²) in [6.45, 7) is 4.94. The van der Waals surface area contributed by atoms with Gasteiger partial charge in [0.15, 0.2) is 0 Å². The summed E-state index contributed by atoms with van der Waals surface area (Å²) in [7, 11) is -3.62. The Morgan fingerprint density at radius 3 is 2.53 bits per heavy atom. The normalized spacial score (nSPS) is 13.6. The zero-order valence-corrected chi connectivity index (χ0v) is 11.0. The quantitative estimate of drug-likeness (QED) is 0.687. The SMILES string of the molecule is Cc1cc(N)c(C)c(S(=O)(=O)NC[C@@H](C)O)c1. The van der Waals surface area contributed by atoms with Crippen LogP contribution in [0, 0.1) is 13.8 Å². The molecule has 0 saturated heterocycles. The molecule has 0 aromatic heterocycles. The van der Waals surface area contributed by atoms with Gasteiger partial charge >= 0.3 is 0 Å². The number of rotatable bonds is 4. The Balaban J connectivity index is 3.15. The van der Waals surface area contributed by atoms with Crippen molar-refractivity contribution in [3.05, 3.63) is 23.3 Å². The van der Waals surface area contributed by atoms with E-state index in [0.717, 1.165) is 5.56 Å². The van der Waals surface area contributed by atoms with Gasteiger partial charge in [-0.2, -0.15) is 0 Å². The second-order valence-electron chi connectivity index (χ2n) is 4.18. The summed E-state index contributed by atoms with van der Waals surface area (Å²) >= 11 is 0. The molecule has 1 atom stereocenters. The number of hydrogen-bond donors (Lipinski definition) is 3. The number of nitrogen functional groups attached to an aromatic ring is 1. The van der Waals surface area contributed by atoms with E-state index >= 15 is 0 Å². The minimum atomic E-state index is -3.62. The van der Waals surface area contributed by atoms with Crippen LogP contribution in [0.3, 0.4) is 0 Å². The topological polar surface area (TPSA) is 92.4 Å². The van der Waals surface area contributed by atoms with Gasteiger partial charge in [0.1, 0.15) is 0 Å². The van der Waals surface area contributed by atoms with Crippen LogP contribution in [0.5, 0.6) is 0 Å². The van der Waals surface area contributed by atoms with Crippen molar-refractivity contribution in [3.63, 3.8) is 0 Å². The van der Waals surface area contributed by atoms with Crippen molar-refractivity contribution in [3.8, 4) is 0 Å². The maximum absolute atomic E-state index is 12.0. The predicted molar refractivity (Wildman–Crippen MR) is 67.2 cm³/mol. The molecule has 0 radical (unpaired) electrons. The molecule has 0 fully saturated rings. The van der Waals surface area contributed by atoms with Crippen LogP contribution in [0.25, 0.3) is 0 Å². The molecule has 17 heavy (non-hydrogen) atoms. The van der Waals surface area contributed by atoms with Crippen LogP contribution in [0.1, 0.15) is 18.1 Å². The van der Waals surface area contributed by atoms with Gasteiger partial charge in [-0.15, -0.1) is 0 Å². The molecule has 4 N–H and O–H groups in total. The molecule has 0 aliphatic rings. The van der Waals surface area contributed by atoms with Gasteiger partial charge in [0.05, 0.1) is 11.0 Å². The number of hydrogen-bond acceptors (Lipinski definition) is 4. The van der Waals surface area contributed by atoms with Gasteiger partial charge in [-0.1, -0.05) is 0 Å². The lowest BCUT2D eigenvalue weighted by Crippen LogP contribution is -2.31. The molecule has 1 rings (SSSR count). The summed E-state index contributed by atoms with van der Waals surface area (Å²) in [5.41, 5.74) is 7.48. The minimum Gasteiger partial charge on any atom is -0.398 e. The van der Waals surface area contributed by atoms with E-state index in [1.807, 2.05) is 0 Å². The highest BCUT2D eigenvalue weighted by Gasteiger charge is 2.18. The Hall–Kier alpha value is -1.11. The fraction of sp³-hybridized carbons (Fsp3) is 0.455. The molecule has 0 heterocycles. The monoisotopic (exact) mass is 258 g/mol. The molecule has 0 aliphatic carbocycles. The second kappa shape index (κ2) is 5.03. The summed E-state index contributed by atoms with van der Waals surface area (Å²) in [6, 6.07) is 3.29. The van der Waals surface area contributed by atoms with Crippen LogP contribution in [0.2, 0.25) is 0 Å². The van der Waals surface area contributed by atoms with Crippen LogP contribution in [-0.4, -0.2) is 26.2 Å². The molecule has 1 aromatic rings. The Morgan fingerprint density at radius 1 is 1.41 bits per heavy atom. The lowest BCUT2D eigenvalue weighted by Gasteiger charge is -2.13. The Kier molecular flexibility index (Phi) is 4.13. The average Bonchev–Trinajstić information content (AvgIpc) is 2.20. The summed E-state index contributed by atoms with van der Waals surface area (Å²) in [5, 5.41) is 9.09. The smallest absolute Gasteiger partial charge is 0.241 e. The fourth-order valence-corrected chi connectivity index (χ4v) is 2.92. The standard InChI is InChI=1S/C11H18N2O3S/c1-7-4-10(12)9(3)11(5-7)17(15,16)13-6-8(2)14/h4-5,8,13-14H,6,12H2,1-3H3/t8-/m1/s1. The number of aryl methyl sites for hydroxylation is 1. The number of benzene rings is 1. The van der Waals surface area contributed by atoms with Crippen LogP contribution in [-0.2, 0) is 10.0 Å². The number of nitrogens with two attached hydrogens (primary N) is 1. The molecule has 0 aliphatic heterocycles. The van der Waals surface area contributed by atoms with Crippen LogP contribution in [0.15, 0.2) is 17.0 Å². The summed E-state index contributed by atoms with van der Waals surface area (Å²) in [6.07, 6.45) is -0.729. The molecule has 96 valence electrons. The van der Waals surface area contributed by atoms with Crippen molar-refractivity contribution in [1.29, 1.82) is 0 Å². The van der Waals surface area contributed by atoms with Crippen molar-refractivity contribution >= 4 is 15.7 Å². The molecule has 1 aromatic carbocycles. The van der Waals surface area contributed by atoms with Crippen molar-refractivity contribution in [2.75, 3.05) is 12.3 Å². The number of sulfonamides is 1. The largest absolute Gasteiger partial charge is 0.398 e. The maximum Gasteiger partial charge on any atom is 0.241 e. The Bertz CT molecular complexity index is 510. The third-order valence-electron chi connectivity index (χ3n) is 2.40. The molecule has 0 spiro atoms. The highest BCUT2D eigenvalue weighted by Crippen LogP contribution is 2.22. The van der Waals surface area contributed by atoms with Crippen LogP contribution in [0.4, 0.5) is 5.69 Å². The van der Waals surface area contributed by atoms with Crippen LogP contribution < -0.4 is 10.5 Å². The van der Waals surface area contributed by atoms with Crippen molar-refractivity contribution in [2.24, 2.45) is 0 Å². The van der Waals surface area contributed by atoms with Crippen molar-refractivity contribution in [1.82, 2.24) is 4.72 Å². The first-order valence-corrected chi connectivity index (χ1v) is 6.77. The van der Waals surface area contributed by atoms with E-state index in [4.69, 9.17) is 10.8 Å². The Morgan fingerprint density at radius 2 is 2.00 bits per heavy atom. The predicted octanol–water partition coefficient (Wildman–Crippen LogP) is 0.545. The first kappa shape index (κ1) is 14.0. The van der Waals surface area contributed by atoms with Crippen molar-refractivity contribution < 1.29 is 13.5 Å². The lowest BCUT2D eigenvalue weighted by atomic mass is 10.1. The van der Waals surface area contributed by atoms with E-state index in [1.54, 1.807) is 26.0 Å². The van der Waals surface area contributed by atoms with E-state index < -0.39 is 16.1 Å². The van der Waals surface area contributed by atoms with E-state index in [0.29, 0.717) is 11.3 Å². The molecule has 0 bridgehead atoms. The summed E-state index contributed by atoms with van der Waals surface area (Å²) in [5.74, 6) is 0. The fourth-order valence-electron chi connectivity index (χ4n) is 1.44.